The monoisotopic (exact) mass is 272 g/mol. The van der Waals surface area contributed by atoms with Crippen molar-refractivity contribution in [3.63, 3.8) is 0 Å². The van der Waals surface area contributed by atoms with Gasteiger partial charge in [0.05, 0.1) is 0 Å². The Bertz CT molecular complexity index is 486. The van der Waals surface area contributed by atoms with Gasteiger partial charge < -0.3 is 10.6 Å². The van der Waals surface area contributed by atoms with Crippen molar-refractivity contribution in [2.75, 3.05) is 6.54 Å². The number of fused-ring (bicyclic) bond motifs is 1. The molecule has 1 fully saturated rings. The standard InChI is InChI=1S/C17H24N2O/c18-16-8-4-3-6-14(16)11-17(20)19-10-9-13-5-1-2-7-15(13)12-19/h1-2,5,7,14,16H,3-4,6,8-12,18H2. The molecule has 1 amide bonds. The molecule has 0 saturated heterocycles. The van der Waals surface area contributed by atoms with Crippen LogP contribution in [0.1, 0.15) is 43.2 Å². The third kappa shape index (κ3) is 2.88. The number of carbonyl (C=O) groups excluding carboxylic acids is 1. The Morgan fingerprint density at radius 3 is 2.75 bits per heavy atom. The van der Waals surface area contributed by atoms with Crippen LogP contribution in [0.5, 0.6) is 0 Å². The lowest BCUT2D eigenvalue weighted by Gasteiger charge is -2.33. The fraction of sp³-hybridized carbons (Fsp3) is 0.588. The van der Waals surface area contributed by atoms with Gasteiger partial charge in [0, 0.05) is 25.6 Å². The van der Waals surface area contributed by atoms with E-state index in [0.29, 0.717) is 18.2 Å². The van der Waals surface area contributed by atoms with Gasteiger partial charge in [0.2, 0.25) is 5.91 Å². The predicted octanol–water partition coefficient (Wildman–Crippen LogP) is 2.48. The molecule has 20 heavy (non-hydrogen) atoms. The molecule has 1 aromatic rings. The Labute approximate surface area is 121 Å². The predicted molar refractivity (Wildman–Crippen MR) is 80.1 cm³/mol. The Hall–Kier alpha value is -1.35. The molecule has 1 aromatic carbocycles. The van der Waals surface area contributed by atoms with Crippen molar-refractivity contribution >= 4 is 5.91 Å². The third-order valence-corrected chi connectivity index (χ3v) is 4.89. The summed E-state index contributed by atoms with van der Waals surface area (Å²) in [4.78, 5) is 14.5. The smallest absolute Gasteiger partial charge is 0.223 e. The Balaban J connectivity index is 1.61. The van der Waals surface area contributed by atoms with Crippen LogP contribution in [-0.4, -0.2) is 23.4 Å². The Kier molecular flexibility index (Phi) is 4.06. The van der Waals surface area contributed by atoms with Gasteiger partial charge in [0.1, 0.15) is 0 Å². The van der Waals surface area contributed by atoms with E-state index in [2.05, 4.69) is 24.3 Å². The van der Waals surface area contributed by atoms with Crippen molar-refractivity contribution in [2.24, 2.45) is 11.7 Å². The van der Waals surface area contributed by atoms with E-state index in [-0.39, 0.29) is 6.04 Å². The molecule has 1 aliphatic heterocycles. The van der Waals surface area contributed by atoms with Crippen LogP contribution in [0.3, 0.4) is 0 Å². The normalized spacial score (nSPS) is 26.1. The first-order chi connectivity index (χ1) is 9.74. The second-order valence-electron chi connectivity index (χ2n) is 6.25. The minimum Gasteiger partial charge on any atom is -0.338 e. The molecule has 3 rings (SSSR count). The van der Waals surface area contributed by atoms with Gasteiger partial charge in [0.15, 0.2) is 0 Å². The van der Waals surface area contributed by atoms with E-state index in [1.165, 1.54) is 24.0 Å². The summed E-state index contributed by atoms with van der Waals surface area (Å²) >= 11 is 0. The summed E-state index contributed by atoms with van der Waals surface area (Å²) in [7, 11) is 0. The van der Waals surface area contributed by atoms with Crippen molar-refractivity contribution in [3.8, 4) is 0 Å². The second-order valence-corrected chi connectivity index (χ2v) is 6.25. The molecule has 1 heterocycles. The van der Waals surface area contributed by atoms with E-state index in [1.54, 1.807) is 0 Å². The quantitative estimate of drug-likeness (QED) is 0.899. The number of benzene rings is 1. The van der Waals surface area contributed by atoms with Gasteiger partial charge in [-0.05, 0) is 36.3 Å². The van der Waals surface area contributed by atoms with Gasteiger partial charge in [-0.25, -0.2) is 0 Å². The summed E-state index contributed by atoms with van der Waals surface area (Å²) in [5.74, 6) is 0.690. The molecular weight excluding hydrogens is 248 g/mol. The molecule has 2 N–H and O–H groups in total. The second kappa shape index (κ2) is 5.96. The molecule has 2 aliphatic rings. The number of hydrogen-bond donors (Lipinski definition) is 1. The van der Waals surface area contributed by atoms with E-state index in [0.717, 1.165) is 32.4 Å². The topological polar surface area (TPSA) is 46.3 Å². The summed E-state index contributed by atoms with van der Waals surface area (Å²) in [6.45, 7) is 1.63. The van der Waals surface area contributed by atoms with Crippen LogP contribution in [0.4, 0.5) is 0 Å². The molecule has 3 nitrogen and oxygen atoms in total. The number of rotatable bonds is 2. The average Bonchev–Trinajstić information content (AvgIpc) is 2.49. The number of amides is 1. The van der Waals surface area contributed by atoms with Crippen molar-refractivity contribution in [2.45, 2.75) is 51.1 Å². The zero-order valence-corrected chi connectivity index (χ0v) is 12.1. The third-order valence-electron chi connectivity index (χ3n) is 4.89. The maximum atomic E-state index is 12.5. The van der Waals surface area contributed by atoms with Crippen LogP contribution in [0.2, 0.25) is 0 Å². The molecule has 2 atom stereocenters. The van der Waals surface area contributed by atoms with E-state index < -0.39 is 0 Å². The zero-order valence-electron chi connectivity index (χ0n) is 12.1. The first-order valence-corrected chi connectivity index (χ1v) is 7.84. The number of nitrogens with two attached hydrogens (primary N) is 1. The van der Waals surface area contributed by atoms with E-state index in [9.17, 15) is 4.79 Å². The van der Waals surface area contributed by atoms with Gasteiger partial charge in [0.25, 0.3) is 0 Å². The molecule has 0 radical (unpaired) electrons. The van der Waals surface area contributed by atoms with Crippen molar-refractivity contribution in [3.05, 3.63) is 35.4 Å². The molecule has 1 saturated carbocycles. The minimum atomic E-state index is 0.227. The molecule has 1 aliphatic carbocycles. The highest BCUT2D eigenvalue weighted by atomic mass is 16.2. The minimum absolute atomic E-state index is 0.227. The molecule has 0 bridgehead atoms. The number of nitrogens with zero attached hydrogens (tertiary/aromatic N) is 1. The fourth-order valence-corrected chi connectivity index (χ4v) is 3.55. The summed E-state index contributed by atoms with van der Waals surface area (Å²) < 4.78 is 0. The highest BCUT2D eigenvalue weighted by Gasteiger charge is 2.27. The first-order valence-electron chi connectivity index (χ1n) is 7.84. The maximum Gasteiger partial charge on any atom is 0.223 e. The van der Waals surface area contributed by atoms with Gasteiger partial charge in [-0.1, -0.05) is 37.1 Å². The lowest BCUT2D eigenvalue weighted by atomic mass is 9.82. The fourth-order valence-electron chi connectivity index (χ4n) is 3.55. The van der Waals surface area contributed by atoms with Crippen molar-refractivity contribution < 1.29 is 4.79 Å². The molecule has 3 heteroatoms. The van der Waals surface area contributed by atoms with E-state index in [1.807, 2.05) is 4.90 Å². The SMILES string of the molecule is NC1CCCCC1CC(=O)N1CCc2ccccc2C1. The summed E-state index contributed by atoms with van der Waals surface area (Å²) in [6.07, 6.45) is 6.29. The van der Waals surface area contributed by atoms with Gasteiger partial charge in [-0.15, -0.1) is 0 Å². The maximum absolute atomic E-state index is 12.5. The summed E-state index contributed by atoms with van der Waals surface area (Å²) in [6, 6.07) is 8.68. The van der Waals surface area contributed by atoms with Crippen molar-refractivity contribution in [1.82, 2.24) is 4.90 Å². The first kappa shape index (κ1) is 13.6. The van der Waals surface area contributed by atoms with Gasteiger partial charge in [-0.2, -0.15) is 0 Å². The average molecular weight is 272 g/mol. The Morgan fingerprint density at radius 2 is 1.95 bits per heavy atom. The van der Waals surface area contributed by atoms with E-state index >= 15 is 0 Å². The van der Waals surface area contributed by atoms with Gasteiger partial charge >= 0.3 is 0 Å². The number of hydrogen-bond acceptors (Lipinski definition) is 2. The van der Waals surface area contributed by atoms with Crippen LogP contribution in [0.25, 0.3) is 0 Å². The lowest BCUT2D eigenvalue weighted by molar-refractivity contribution is -0.133. The molecular formula is C17H24N2O. The summed E-state index contributed by atoms with van der Waals surface area (Å²) in [5, 5.41) is 0. The molecule has 108 valence electrons. The highest BCUT2D eigenvalue weighted by Crippen LogP contribution is 2.27. The lowest BCUT2D eigenvalue weighted by Crippen LogP contribution is -2.40. The molecule has 0 aromatic heterocycles. The van der Waals surface area contributed by atoms with Gasteiger partial charge in [-0.3, -0.25) is 4.79 Å². The van der Waals surface area contributed by atoms with E-state index in [4.69, 9.17) is 5.73 Å². The zero-order chi connectivity index (χ0) is 13.9. The molecule has 0 spiro atoms. The van der Waals surface area contributed by atoms with Crippen LogP contribution in [0, 0.1) is 5.92 Å². The highest BCUT2D eigenvalue weighted by molar-refractivity contribution is 5.77. The Morgan fingerprint density at radius 1 is 1.20 bits per heavy atom. The van der Waals surface area contributed by atoms with Crippen LogP contribution in [-0.2, 0) is 17.8 Å². The van der Waals surface area contributed by atoms with Crippen molar-refractivity contribution in [1.29, 1.82) is 0 Å². The van der Waals surface area contributed by atoms with Crippen LogP contribution in [0.15, 0.2) is 24.3 Å². The van der Waals surface area contributed by atoms with Crippen LogP contribution >= 0.6 is 0 Å². The number of carbonyl (C=O) groups is 1. The summed E-state index contributed by atoms with van der Waals surface area (Å²) in [5.41, 5.74) is 8.86. The largest absolute Gasteiger partial charge is 0.338 e. The van der Waals surface area contributed by atoms with Crippen LogP contribution < -0.4 is 5.73 Å². The molecule has 2 unspecified atom stereocenters.